The number of nitrogens with zero attached hydrogens (tertiary/aromatic N) is 4. The second kappa shape index (κ2) is 8.35. The highest BCUT2D eigenvalue weighted by molar-refractivity contribution is 6.16. The number of aliphatic imine (C=N–C) groups is 1. The van der Waals surface area contributed by atoms with Gasteiger partial charge in [-0.2, -0.15) is 5.10 Å². The van der Waals surface area contributed by atoms with Gasteiger partial charge in [-0.15, -0.1) is 0 Å². The zero-order valence-electron chi connectivity index (χ0n) is 21.4. The molecule has 0 radical (unpaired) electrons. The van der Waals surface area contributed by atoms with E-state index in [1.807, 2.05) is 48.4 Å². The van der Waals surface area contributed by atoms with Gasteiger partial charge in [0.15, 0.2) is 0 Å². The average molecular weight is 512 g/mol. The van der Waals surface area contributed by atoms with E-state index < -0.39 is 5.54 Å². The first kappa shape index (κ1) is 23.3. The lowest BCUT2D eigenvalue weighted by atomic mass is 10.00. The maximum Gasteiger partial charge on any atom is 0.256 e. The molecule has 2 saturated carbocycles. The number of aromatic amines is 1. The Hall–Kier alpha value is -3.81. The molecule has 2 aliphatic carbocycles. The number of amidine groups is 1. The fourth-order valence-corrected chi connectivity index (χ4v) is 5.82. The maximum absolute atomic E-state index is 15.6. The summed E-state index contributed by atoms with van der Waals surface area (Å²) in [4.78, 5) is 34.6. The van der Waals surface area contributed by atoms with Crippen molar-refractivity contribution in [3.05, 3.63) is 66.2 Å². The Morgan fingerprint density at radius 1 is 1.05 bits per heavy atom. The number of likely N-dealkylation sites (tertiary alicyclic amines) is 1. The molecule has 3 heterocycles. The first-order valence-electron chi connectivity index (χ1n) is 13.5. The topological polar surface area (TPSA) is 81.7 Å². The molecule has 1 aromatic heterocycles. The van der Waals surface area contributed by atoms with Crippen LogP contribution in [-0.2, 0) is 9.59 Å². The lowest BCUT2D eigenvalue weighted by molar-refractivity contribution is -0.135. The summed E-state index contributed by atoms with van der Waals surface area (Å²) >= 11 is 0. The number of rotatable bonds is 6. The van der Waals surface area contributed by atoms with Gasteiger partial charge >= 0.3 is 0 Å². The van der Waals surface area contributed by atoms with E-state index in [1.54, 1.807) is 17.2 Å². The highest BCUT2D eigenvalue weighted by Gasteiger charge is 2.58. The minimum atomic E-state index is -0.709. The van der Waals surface area contributed by atoms with Crippen LogP contribution in [0.15, 0.2) is 59.9 Å². The summed E-state index contributed by atoms with van der Waals surface area (Å²) in [5.41, 5.74) is 3.16. The molecule has 7 nitrogen and oxygen atoms in total. The summed E-state index contributed by atoms with van der Waals surface area (Å²) in [5, 5.41) is 6.80. The molecule has 3 fully saturated rings. The standard InChI is InChI=1S/C30H30FN5O2/c1-29(9-10-29)27(37)35-13-8-19(17-35)18-36-26(34-30(11-12-30)28(36)38)24-7-6-22(14-25(24)31)20-2-4-21(5-3-20)23-15-32-33-16-23/h2-7,14-16,19H,8-13,17-18H2,1H3,(H,32,33)/t19-/m1/s1. The molecule has 1 spiro atoms. The first-order chi connectivity index (χ1) is 18.4. The maximum atomic E-state index is 15.6. The molecular formula is C30H30FN5O2. The zero-order chi connectivity index (χ0) is 26.1. The third kappa shape index (κ3) is 3.85. The Bertz CT molecular complexity index is 1450. The van der Waals surface area contributed by atoms with Crippen LogP contribution in [0.1, 0.15) is 44.6 Å². The number of aromatic nitrogens is 2. The molecule has 38 heavy (non-hydrogen) atoms. The Labute approximate surface area is 220 Å². The van der Waals surface area contributed by atoms with Gasteiger partial charge in [0.1, 0.15) is 17.2 Å². The van der Waals surface area contributed by atoms with E-state index in [4.69, 9.17) is 4.99 Å². The highest BCUT2D eigenvalue weighted by Crippen LogP contribution is 2.48. The Balaban J connectivity index is 1.11. The zero-order valence-corrected chi connectivity index (χ0v) is 21.4. The summed E-state index contributed by atoms with van der Waals surface area (Å²) in [6, 6.07) is 13.1. The molecule has 1 saturated heterocycles. The van der Waals surface area contributed by atoms with Gasteiger partial charge in [-0.25, -0.2) is 4.39 Å². The van der Waals surface area contributed by atoms with Crippen molar-refractivity contribution in [1.29, 1.82) is 0 Å². The number of amides is 2. The summed E-state index contributed by atoms with van der Waals surface area (Å²) < 4.78 is 15.6. The monoisotopic (exact) mass is 511 g/mol. The van der Waals surface area contributed by atoms with Gasteiger partial charge in [-0.1, -0.05) is 37.3 Å². The van der Waals surface area contributed by atoms with Crippen LogP contribution in [0, 0.1) is 17.2 Å². The predicted octanol–water partition coefficient (Wildman–Crippen LogP) is 4.65. The van der Waals surface area contributed by atoms with Crippen LogP contribution in [0.3, 0.4) is 0 Å². The highest BCUT2D eigenvalue weighted by atomic mass is 19.1. The number of hydrogen-bond donors (Lipinski definition) is 1. The average Bonchev–Trinajstić information content (AvgIpc) is 3.68. The minimum Gasteiger partial charge on any atom is -0.342 e. The van der Waals surface area contributed by atoms with Gasteiger partial charge < -0.3 is 4.90 Å². The lowest BCUT2D eigenvalue weighted by Crippen LogP contribution is -2.41. The van der Waals surface area contributed by atoms with Crippen LogP contribution in [0.2, 0.25) is 0 Å². The third-order valence-corrected chi connectivity index (χ3v) is 8.73. The van der Waals surface area contributed by atoms with E-state index >= 15 is 4.39 Å². The van der Waals surface area contributed by atoms with E-state index in [9.17, 15) is 9.59 Å². The molecule has 0 bridgehead atoms. The molecule has 2 aromatic carbocycles. The van der Waals surface area contributed by atoms with Crippen LogP contribution >= 0.6 is 0 Å². The third-order valence-electron chi connectivity index (χ3n) is 8.73. The Kier molecular flexibility index (Phi) is 5.12. The summed E-state index contributed by atoms with van der Waals surface area (Å²) in [6.07, 6.45) is 7.79. The van der Waals surface area contributed by atoms with Crippen molar-refractivity contribution in [3.63, 3.8) is 0 Å². The normalized spacial score (nSPS) is 22.7. The van der Waals surface area contributed by atoms with Crippen molar-refractivity contribution >= 4 is 17.6 Å². The number of hydrogen-bond acceptors (Lipinski definition) is 4. The largest absolute Gasteiger partial charge is 0.342 e. The molecule has 194 valence electrons. The molecule has 2 amide bonds. The summed E-state index contributed by atoms with van der Waals surface area (Å²) in [5.74, 6) is 0.427. The molecule has 0 unspecified atom stereocenters. The number of nitrogens with one attached hydrogen (secondary N) is 1. The van der Waals surface area contributed by atoms with Crippen molar-refractivity contribution in [1.82, 2.24) is 20.0 Å². The summed E-state index contributed by atoms with van der Waals surface area (Å²) in [6.45, 7) is 3.88. The van der Waals surface area contributed by atoms with Crippen LogP contribution in [0.4, 0.5) is 4.39 Å². The van der Waals surface area contributed by atoms with Crippen molar-refractivity contribution in [2.45, 2.75) is 44.6 Å². The predicted molar refractivity (Wildman–Crippen MR) is 142 cm³/mol. The molecule has 3 aromatic rings. The van der Waals surface area contributed by atoms with Crippen LogP contribution < -0.4 is 0 Å². The number of halogens is 1. The van der Waals surface area contributed by atoms with Crippen LogP contribution in [0.25, 0.3) is 22.3 Å². The van der Waals surface area contributed by atoms with Gasteiger partial charge in [0.2, 0.25) is 5.91 Å². The Morgan fingerprint density at radius 2 is 1.76 bits per heavy atom. The van der Waals surface area contributed by atoms with Gasteiger partial charge in [-0.3, -0.25) is 24.6 Å². The SMILES string of the molecule is CC1(C(=O)N2CC[C@@H](CN3C(=O)C4(CC4)N=C3c3ccc(-c4ccc(-c5cn[nH]c5)cc4)cc3F)C2)CC1. The molecule has 8 heteroatoms. The van der Waals surface area contributed by atoms with Gasteiger partial charge in [0.05, 0.1) is 11.8 Å². The number of carbonyl (C=O) groups is 2. The smallest absolute Gasteiger partial charge is 0.256 e. The molecule has 7 rings (SSSR count). The number of benzene rings is 2. The van der Waals surface area contributed by atoms with E-state index in [2.05, 4.69) is 10.2 Å². The quantitative estimate of drug-likeness (QED) is 0.523. The fraction of sp³-hybridized carbons (Fsp3) is 0.400. The number of carbonyl (C=O) groups excluding carboxylic acids is 2. The molecule has 2 aliphatic heterocycles. The second-order valence-corrected chi connectivity index (χ2v) is 11.6. The van der Waals surface area contributed by atoms with E-state index in [-0.39, 0.29) is 29.0 Å². The molecular weight excluding hydrogens is 481 g/mol. The van der Waals surface area contributed by atoms with E-state index in [0.29, 0.717) is 37.3 Å². The summed E-state index contributed by atoms with van der Waals surface area (Å²) in [7, 11) is 0. The van der Waals surface area contributed by atoms with E-state index in [1.165, 1.54) is 6.07 Å². The van der Waals surface area contributed by atoms with Crippen molar-refractivity contribution in [3.8, 4) is 22.3 Å². The lowest BCUT2D eigenvalue weighted by Gasteiger charge is -2.24. The minimum absolute atomic E-state index is 0.0234. The Morgan fingerprint density at radius 3 is 2.39 bits per heavy atom. The second-order valence-electron chi connectivity index (χ2n) is 11.6. The molecule has 1 atom stereocenters. The van der Waals surface area contributed by atoms with Gasteiger partial charge in [0, 0.05) is 36.8 Å². The fourth-order valence-electron chi connectivity index (χ4n) is 5.82. The van der Waals surface area contributed by atoms with Crippen molar-refractivity contribution < 1.29 is 14.0 Å². The van der Waals surface area contributed by atoms with Gasteiger partial charge in [0.25, 0.3) is 5.91 Å². The van der Waals surface area contributed by atoms with Crippen LogP contribution in [0.5, 0.6) is 0 Å². The molecule has 1 N–H and O–H groups in total. The van der Waals surface area contributed by atoms with Crippen molar-refractivity contribution in [2.75, 3.05) is 19.6 Å². The first-order valence-corrected chi connectivity index (χ1v) is 13.5. The van der Waals surface area contributed by atoms with E-state index in [0.717, 1.165) is 48.1 Å². The van der Waals surface area contributed by atoms with Crippen LogP contribution in [-0.4, -0.2) is 62.8 Å². The molecule has 4 aliphatic rings. The number of H-pyrrole nitrogens is 1. The van der Waals surface area contributed by atoms with Crippen molar-refractivity contribution in [2.24, 2.45) is 16.3 Å². The van der Waals surface area contributed by atoms with Gasteiger partial charge in [-0.05, 0) is 66.8 Å².